The fourth-order valence-electron chi connectivity index (χ4n) is 3.02. The predicted molar refractivity (Wildman–Crippen MR) is 93.5 cm³/mol. The van der Waals surface area contributed by atoms with E-state index < -0.39 is 0 Å². The van der Waals surface area contributed by atoms with Gasteiger partial charge >= 0.3 is 0 Å². The van der Waals surface area contributed by atoms with E-state index in [-0.39, 0.29) is 0 Å². The molecule has 0 bridgehead atoms. The van der Waals surface area contributed by atoms with Crippen LogP contribution in [-0.4, -0.2) is 12.3 Å². The third-order valence-corrected chi connectivity index (χ3v) is 4.41. The molecule has 0 spiro atoms. The van der Waals surface area contributed by atoms with Gasteiger partial charge in [-0.25, -0.2) is 0 Å². The number of Topliss-reactive ketones (excluding diaryl/α,β-unsaturated/α-hetero) is 1. The van der Waals surface area contributed by atoms with Crippen LogP contribution in [0.4, 0.5) is 0 Å². The normalized spacial score (nSPS) is 12.5. The van der Waals surface area contributed by atoms with E-state index in [9.17, 15) is 4.79 Å². The van der Waals surface area contributed by atoms with E-state index in [1.54, 1.807) is 0 Å². The van der Waals surface area contributed by atoms with Crippen LogP contribution in [0, 0.1) is 5.92 Å². The van der Waals surface area contributed by atoms with E-state index in [1.807, 2.05) is 0 Å². The zero-order chi connectivity index (χ0) is 15.8. The van der Waals surface area contributed by atoms with Crippen molar-refractivity contribution in [2.45, 2.75) is 104 Å². The summed E-state index contributed by atoms with van der Waals surface area (Å²) in [5.41, 5.74) is 5.64. The topological polar surface area (TPSA) is 43.1 Å². The number of nitrogens with two attached hydrogens (primary N) is 1. The predicted octanol–water partition coefficient (Wildman–Crippen LogP) is 5.63. The van der Waals surface area contributed by atoms with Crippen LogP contribution in [0.1, 0.15) is 104 Å². The van der Waals surface area contributed by atoms with Crippen molar-refractivity contribution >= 4 is 5.78 Å². The third kappa shape index (κ3) is 14.3. The van der Waals surface area contributed by atoms with Gasteiger partial charge in [-0.15, -0.1) is 0 Å². The fraction of sp³-hybridized carbons (Fsp3) is 0.947. The van der Waals surface area contributed by atoms with Crippen LogP contribution in [0.3, 0.4) is 0 Å². The summed E-state index contributed by atoms with van der Waals surface area (Å²) < 4.78 is 0. The van der Waals surface area contributed by atoms with Gasteiger partial charge in [0.15, 0.2) is 0 Å². The Morgan fingerprint density at radius 2 is 1.38 bits per heavy atom. The monoisotopic (exact) mass is 297 g/mol. The van der Waals surface area contributed by atoms with E-state index in [0.29, 0.717) is 11.7 Å². The fourth-order valence-corrected chi connectivity index (χ4v) is 3.02. The van der Waals surface area contributed by atoms with Crippen molar-refractivity contribution in [1.82, 2.24) is 0 Å². The second-order valence-corrected chi connectivity index (χ2v) is 6.53. The average Bonchev–Trinajstić information content (AvgIpc) is 2.48. The van der Waals surface area contributed by atoms with Crippen LogP contribution in [-0.2, 0) is 4.79 Å². The zero-order valence-electron chi connectivity index (χ0n) is 14.7. The van der Waals surface area contributed by atoms with Gasteiger partial charge in [-0.05, 0) is 31.7 Å². The number of carbonyl (C=O) groups excluding carboxylic acids is 1. The molecule has 0 aromatic heterocycles. The molecule has 0 aliphatic rings. The molecule has 0 aliphatic carbocycles. The Bertz CT molecular complexity index is 222. The van der Waals surface area contributed by atoms with E-state index in [4.69, 9.17) is 5.73 Å². The molecule has 0 radical (unpaired) electrons. The number of ketones is 1. The molecule has 1 atom stereocenters. The SMILES string of the molecule is CCCCCCCCCCC(=O)CCC(CCC)CCN. The minimum absolute atomic E-state index is 0.471. The smallest absolute Gasteiger partial charge is 0.132 e. The number of hydrogen-bond donors (Lipinski definition) is 1. The average molecular weight is 298 g/mol. The first kappa shape index (κ1) is 20.6. The Kier molecular flexibility index (Phi) is 15.7. The maximum Gasteiger partial charge on any atom is 0.132 e. The summed E-state index contributed by atoms with van der Waals surface area (Å²) in [5, 5.41) is 0. The molecule has 0 fully saturated rings. The van der Waals surface area contributed by atoms with Gasteiger partial charge in [0.2, 0.25) is 0 Å². The second kappa shape index (κ2) is 16.0. The molecule has 0 amide bonds. The lowest BCUT2D eigenvalue weighted by Crippen LogP contribution is -2.10. The number of rotatable bonds is 16. The first-order chi connectivity index (χ1) is 10.2. The molecule has 2 N–H and O–H groups in total. The Hall–Kier alpha value is -0.370. The Balaban J connectivity index is 3.44. The van der Waals surface area contributed by atoms with Crippen LogP contribution in [0.25, 0.3) is 0 Å². The summed E-state index contributed by atoms with van der Waals surface area (Å²) in [6.07, 6.45) is 16.6. The molecule has 0 aromatic rings. The summed E-state index contributed by atoms with van der Waals surface area (Å²) in [4.78, 5) is 11.9. The van der Waals surface area contributed by atoms with Crippen LogP contribution < -0.4 is 5.73 Å². The highest BCUT2D eigenvalue weighted by atomic mass is 16.1. The maximum absolute atomic E-state index is 11.9. The highest BCUT2D eigenvalue weighted by Gasteiger charge is 2.09. The van der Waals surface area contributed by atoms with Gasteiger partial charge in [-0.3, -0.25) is 4.79 Å². The molecular formula is C19H39NO. The molecule has 2 heteroatoms. The molecule has 126 valence electrons. The van der Waals surface area contributed by atoms with Crippen molar-refractivity contribution in [3.05, 3.63) is 0 Å². The van der Waals surface area contributed by atoms with Gasteiger partial charge in [0.05, 0.1) is 0 Å². The Morgan fingerprint density at radius 3 is 1.95 bits per heavy atom. The van der Waals surface area contributed by atoms with E-state index in [0.717, 1.165) is 38.6 Å². The quantitative estimate of drug-likeness (QED) is 0.375. The van der Waals surface area contributed by atoms with Crippen LogP contribution in [0.2, 0.25) is 0 Å². The van der Waals surface area contributed by atoms with Gasteiger partial charge in [0.25, 0.3) is 0 Å². The number of carbonyl (C=O) groups is 1. The molecule has 0 heterocycles. The van der Waals surface area contributed by atoms with Crippen molar-refractivity contribution in [1.29, 1.82) is 0 Å². The summed E-state index contributed by atoms with van der Waals surface area (Å²) in [6.45, 7) is 5.23. The molecule has 0 aliphatic heterocycles. The molecule has 0 saturated heterocycles. The van der Waals surface area contributed by atoms with Gasteiger partial charge in [-0.2, -0.15) is 0 Å². The Morgan fingerprint density at radius 1 is 0.762 bits per heavy atom. The molecular weight excluding hydrogens is 258 g/mol. The minimum atomic E-state index is 0.471. The zero-order valence-corrected chi connectivity index (χ0v) is 14.7. The van der Waals surface area contributed by atoms with Crippen LogP contribution >= 0.6 is 0 Å². The van der Waals surface area contributed by atoms with Crippen LogP contribution in [0.15, 0.2) is 0 Å². The molecule has 2 nitrogen and oxygen atoms in total. The van der Waals surface area contributed by atoms with Crippen molar-refractivity contribution in [3.63, 3.8) is 0 Å². The van der Waals surface area contributed by atoms with Gasteiger partial charge in [-0.1, -0.05) is 71.6 Å². The van der Waals surface area contributed by atoms with Crippen LogP contribution in [0.5, 0.6) is 0 Å². The first-order valence-corrected chi connectivity index (χ1v) is 9.46. The lowest BCUT2D eigenvalue weighted by atomic mass is 9.92. The van der Waals surface area contributed by atoms with Gasteiger partial charge in [0.1, 0.15) is 5.78 Å². The van der Waals surface area contributed by atoms with Crippen molar-refractivity contribution in [2.24, 2.45) is 11.7 Å². The summed E-state index contributed by atoms with van der Waals surface area (Å²) >= 11 is 0. The summed E-state index contributed by atoms with van der Waals surface area (Å²) in [6, 6.07) is 0. The summed E-state index contributed by atoms with van der Waals surface area (Å²) in [7, 11) is 0. The summed E-state index contributed by atoms with van der Waals surface area (Å²) in [5.74, 6) is 1.14. The number of unbranched alkanes of at least 4 members (excludes halogenated alkanes) is 7. The van der Waals surface area contributed by atoms with Gasteiger partial charge < -0.3 is 5.73 Å². The standard InChI is InChI=1S/C19H39NO/c1-3-5-6-7-8-9-10-11-13-19(21)15-14-18(12-4-2)16-17-20/h18H,3-17,20H2,1-2H3. The van der Waals surface area contributed by atoms with Crippen molar-refractivity contribution < 1.29 is 4.79 Å². The largest absolute Gasteiger partial charge is 0.330 e. The highest BCUT2D eigenvalue weighted by molar-refractivity contribution is 5.78. The second-order valence-electron chi connectivity index (χ2n) is 6.53. The molecule has 1 unspecified atom stereocenters. The van der Waals surface area contributed by atoms with E-state index >= 15 is 0 Å². The molecule has 0 rings (SSSR count). The lowest BCUT2D eigenvalue weighted by Gasteiger charge is -2.14. The Labute approximate surface area is 133 Å². The van der Waals surface area contributed by atoms with E-state index in [1.165, 1.54) is 57.8 Å². The lowest BCUT2D eigenvalue weighted by molar-refractivity contribution is -0.119. The van der Waals surface area contributed by atoms with Gasteiger partial charge in [0, 0.05) is 12.8 Å². The highest BCUT2D eigenvalue weighted by Crippen LogP contribution is 2.18. The molecule has 0 saturated carbocycles. The molecule has 21 heavy (non-hydrogen) atoms. The number of hydrogen-bond acceptors (Lipinski definition) is 2. The third-order valence-electron chi connectivity index (χ3n) is 4.41. The maximum atomic E-state index is 11.9. The van der Waals surface area contributed by atoms with E-state index in [2.05, 4.69) is 13.8 Å². The molecule has 0 aromatic carbocycles. The van der Waals surface area contributed by atoms with Crippen molar-refractivity contribution in [3.8, 4) is 0 Å². The minimum Gasteiger partial charge on any atom is -0.330 e. The first-order valence-electron chi connectivity index (χ1n) is 9.46. The van der Waals surface area contributed by atoms with Crippen molar-refractivity contribution in [2.75, 3.05) is 6.54 Å².